The predicted octanol–water partition coefficient (Wildman–Crippen LogP) is 4.71. The monoisotopic (exact) mass is 526 g/mol. The molecule has 2 unspecified atom stereocenters. The topological polar surface area (TPSA) is 114 Å². The van der Waals surface area contributed by atoms with Crippen molar-refractivity contribution in [1.82, 2.24) is 19.7 Å². The van der Waals surface area contributed by atoms with Gasteiger partial charge in [-0.15, -0.1) is 11.3 Å². The first-order chi connectivity index (χ1) is 18.4. The van der Waals surface area contributed by atoms with Crippen LogP contribution in [0.15, 0.2) is 65.7 Å². The molecule has 1 fully saturated rings. The number of amides is 1. The number of nitrogens with zero attached hydrogens (tertiary/aromatic N) is 3. The van der Waals surface area contributed by atoms with Crippen LogP contribution in [0.4, 0.5) is 5.82 Å². The second-order valence-corrected chi connectivity index (χ2v) is 11.4. The minimum Gasteiger partial charge on any atom is -0.370 e. The Morgan fingerprint density at radius 3 is 2.79 bits per heavy atom. The van der Waals surface area contributed by atoms with E-state index in [2.05, 4.69) is 22.5 Å². The van der Waals surface area contributed by atoms with Crippen molar-refractivity contribution in [1.29, 1.82) is 0 Å². The Balaban J connectivity index is 1.42. The number of hydrogen-bond donors (Lipinski definition) is 3. The van der Waals surface area contributed by atoms with Crippen molar-refractivity contribution in [3.63, 3.8) is 0 Å². The minimum absolute atomic E-state index is 0.136. The van der Waals surface area contributed by atoms with Gasteiger partial charge in [-0.1, -0.05) is 25.0 Å². The van der Waals surface area contributed by atoms with E-state index in [1.165, 1.54) is 24.2 Å². The molecule has 1 aliphatic rings. The van der Waals surface area contributed by atoms with Crippen LogP contribution < -0.4 is 21.8 Å². The van der Waals surface area contributed by atoms with Crippen molar-refractivity contribution < 1.29 is 4.79 Å². The Labute approximate surface area is 223 Å². The normalized spacial score (nSPS) is 19.7. The fourth-order valence-electron chi connectivity index (χ4n) is 5.45. The molecule has 0 spiro atoms. The van der Waals surface area contributed by atoms with E-state index in [1.54, 1.807) is 18.5 Å². The quantitative estimate of drug-likeness (QED) is 0.295. The molecule has 4 aromatic heterocycles. The largest absolute Gasteiger partial charge is 0.370 e. The van der Waals surface area contributed by atoms with Crippen LogP contribution in [-0.4, -0.2) is 32.4 Å². The summed E-state index contributed by atoms with van der Waals surface area (Å²) in [5, 5.41) is 6.80. The third-order valence-corrected chi connectivity index (χ3v) is 8.84. The number of para-hydroxylation sites is 1. The van der Waals surface area contributed by atoms with Gasteiger partial charge in [0.2, 0.25) is 5.43 Å². The lowest BCUT2D eigenvalue weighted by molar-refractivity contribution is 0.0951. The second kappa shape index (κ2) is 9.81. The van der Waals surface area contributed by atoms with Crippen LogP contribution in [0.1, 0.15) is 48.5 Å². The highest BCUT2D eigenvalue weighted by Crippen LogP contribution is 2.33. The third kappa shape index (κ3) is 4.41. The molecule has 1 aliphatic carbocycles. The summed E-state index contributed by atoms with van der Waals surface area (Å²) >= 11 is 1.42. The lowest BCUT2D eigenvalue weighted by atomic mass is 9.74. The SMILES string of the molecule is CC1(N)CCCCC1CNc1ccc2c(=O)c(C(=O)NCc3ccncc3)c3sc4ccccc4n3c2n1. The van der Waals surface area contributed by atoms with Gasteiger partial charge < -0.3 is 16.4 Å². The smallest absolute Gasteiger partial charge is 0.258 e. The molecular weight excluding hydrogens is 496 g/mol. The van der Waals surface area contributed by atoms with Gasteiger partial charge in [-0.3, -0.25) is 19.0 Å². The van der Waals surface area contributed by atoms with Gasteiger partial charge in [0.05, 0.1) is 15.6 Å². The summed E-state index contributed by atoms with van der Waals surface area (Å²) in [4.78, 5) is 36.6. The summed E-state index contributed by atoms with van der Waals surface area (Å²) in [6, 6.07) is 15.2. The molecule has 8 nitrogen and oxygen atoms in total. The van der Waals surface area contributed by atoms with E-state index in [0.29, 0.717) is 34.1 Å². The van der Waals surface area contributed by atoms with Crippen LogP contribution >= 0.6 is 11.3 Å². The van der Waals surface area contributed by atoms with E-state index in [1.807, 2.05) is 46.9 Å². The number of carbonyl (C=O) groups is 1. The molecule has 194 valence electrons. The first-order valence-corrected chi connectivity index (χ1v) is 13.8. The Kier molecular flexibility index (Phi) is 6.33. The first-order valence-electron chi connectivity index (χ1n) is 13.0. The van der Waals surface area contributed by atoms with Crippen molar-refractivity contribution in [2.45, 2.75) is 44.7 Å². The third-order valence-electron chi connectivity index (χ3n) is 7.70. The number of benzene rings is 1. The highest BCUT2D eigenvalue weighted by Gasteiger charge is 2.32. The van der Waals surface area contributed by atoms with Crippen molar-refractivity contribution in [2.24, 2.45) is 11.7 Å². The zero-order valence-electron chi connectivity index (χ0n) is 21.2. The summed E-state index contributed by atoms with van der Waals surface area (Å²) < 4.78 is 2.92. The summed E-state index contributed by atoms with van der Waals surface area (Å²) in [6.07, 6.45) is 7.82. The lowest BCUT2D eigenvalue weighted by Gasteiger charge is -2.38. The molecule has 2 atom stereocenters. The van der Waals surface area contributed by atoms with Crippen LogP contribution in [-0.2, 0) is 6.54 Å². The van der Waals surface area contributed by atoms with E-state index in [9.17, 15) is 9.59 Å². The van der Waals surface area contributed by atoms with Crippen LogP contribution in [0, 0.1) is 5.92 Å². The number of rotatable bonds is 6. The predicted molar refractivity (Wildman–Crippen MR) is 153 cm³/mol. The van der Waals surface area contributed by atoms with Crippen molar-refractivity contribution in [3.05, 3.63) is 82.3 Å². The Morgan fingerprint density at radius 1 is 1.16 bits per heavy atom. The average Bonchev–Trinajstić information content (AvgIpc) is 3.31. The van der Waals surface area contributed by atoms with Gasteiger partial charge in [0, 0.05) is 31.0 Å². The Morgan fingerprint density at radius 2 is 1.97 bits per heavy atom. The van der Waals surface area contributed by atoms with Gasteiger partial charge in [-0.25, -0.2) is 4.98 Å². The van der Waals surface area contributed by atoms with E-state index in [4.69, 9.17) is 10.7 Å². The molecule has 4 heterocycles. The molecule has 0 saturated heterocycles. The Hall–Kier alpha value is -3.82. The zero-order valence-corrected chi connectivity index (χ0v) is 22.1. The number of hydrogen-bond acceptors (Lipinski definition) is 7. The fraction of sp³-hybridized carbons (Fsp3) is 0.310. The summed E-state index contributed by atoms with van der Waals surface area (Å²) in [6.45, 7) is 3.16. The maximum absolute atomic E-state index is 13.7. The van der Waals surface area contributed by atoms with Crippen LogP contribution in [0.25, 0.3) is 26.1 Å². The van der Waals surface area contributed by atoms with Crippen molar-refractivity contribution >= 4 is 49.1 Å². The van der Waals surface area contributed by atoms with Crippen LogP contribution in [0.5, 0.6) is 0 Å². The maximum Gasteiger partial charge on any atom is 0.258 e. The summed E-state index contributed by atoms with van der Waals surface area (Å²) in [5.74, 6) is 0.640. The van der Waals surface area contributed by atoms with E-state index < -0.39 is 5.91 Å². The molecule has 4 N–H and O–H groups in total. The van der Waals surface area contributed by atoms with Gasteiger partial charge in [-0.2, -0.15) is 0 Å². The first kappa shape index (κ1) is 24.5. The highest BCUT2D eigenvalue weighted by molar-refractivity contribution is 7.24. The molecule has 38 heavy (non-hydrogen) atoms. The average molecular weight is 527 g/mol. The van der Waals surface area contributed by atoms with E-state index in [0.717, 1.165) is 35.2 Å². The molecule has 0 radical (unpaired) electrons. The molecule has 1 amide bonds. The summed E-state index contributed by atoms with van der Waals surface area (Å²) in [7, 11) is 0. The van der Waals surface area contributed by atoms with Crippen molar-refractivity contribution in [3.8, 4) is 0 Å². The number of nitrogens with two attached hydrogens (primary N) is 1. The van der Waals surface area contributed by atoms with Gasteiger partial charge in [0.1, 0.15) is 16.2 Å². The lowest BCUT2D eigenvalue weighted by Crippen LogP contribution is -2.48. The molecule has 5 aromatic rings. The number of carbonyl (C=O) groups excluding carboxylic acids is 1. The summed E-state index contributed by atoms with van der Waals surface area (Å²) in [5.41, 5.74) is 8.55. The molecule has 1 saturated carbocycles. The second-order valence-electron chi connectivity index (χ2n) is 10.3. The number of thiazole rings is 1. The molecule has 0 aliphatic heterocycles. The number of fused-ring (bicyclic) bond motifs is 5. The molecule has 0 bridgehead atoms. The zero-order chi connectivity index (χ0) is 26.3. The standard InChI is InChI=1S/C29H30N6O2S/c1-29(30)13-5-4-6-19(29)17-32-23-10-9-20-25(36)24(27(37)33-16-18-11-14-31-15-12-18)28-35(26(20)34-23)21-7-2-3-8-22(21)38-28/h2-3,7-12,14-15,19H,4-6,13,16-17,30H2,1H3,(H,32,34)(H,33,37). The highest BCUT2D eigenvalue weighted by atomic mass is 32.1. The van der Waals surface area contributed by atoms with E-state index in [-0.39, 0.29) is 16.5 Å². The molecule has 1 aromatic carbocycles. The number of pyridine rings is 3. The van der Waals surface area contributed by atoms with Crippen LogP contribution in [0.2, 0.25) is 0 Å². The van der Waals surface area contributed by atoms with Gasteiger partial charge in [0.25, 0.3) is 5.91 Å². The van der Waals surface area contributed by atoms with E-state index >= 15 is 0 Å². The number of anilines is 1. The number of nitrogens with one attached hydrogen (secondary N) is 2. The maximum atomic E-state index is 13.7. The fourth-order valence-corrected chi connectivity index (χ4v) is 6.63. The van der Waals surface area contributed by atoms with Gasteiger partial charge >= 0.3 is 0 Å². The molecular formula is C29H30N6O2S. The minimum atomic E-state index is -0.403. The van der Waals surface area contributed by atoms with Crippen LogP contribution in [0.3, 0.4) is 0 Å². The van der Waals surface area contributed by atoms with Crippen molar-refractivity contribution in [2.75, 3.05) is 11.9 Å². The number of aromatic nitrogens is 3. The van der Waals surface area contributed by atoms with Gasteiger partial charge in [-0.05, 0) is 67.6 Å². The Bertz CT molecular complexity index is 1710. The van der Waals surface area contributed by atoms with Gasteiger partial charge in [0.15, 0.2) is 5.65 Å². The molecule has 6 rings (SSSR count). The molecule has 9 heteroatoms.